The van der Waals surface area contributed by atoms with Crippen LogP contribution >= 0.6 is 0 Å². The fraction of sp³-hybridized carbons (Fsp3) is 0.533. The normalized spacial score (nSPS) is 17.0. The summed E-state index contributed by atoms with van der Waals surface area (Å²) in [5.41, 5.74) is 0.885. The van der Waals surface area contributed by atoms with Crippen LogP contribution in [0.4, 0.5) is 20.4 Å². The Morgan fingerprint density at radius 3 is 2.88 bits per heavy atom. The smallest absolute Gasteiger partial charge is 0.388 e. The Hall–Kier alpha value is -2.29. The number of nitrogens with one attached hydrogen (secondary N) is 2. The van der Waals surface area contributed by atoms with Crippen LogP contribution in [0.1, 0.15) is 31.4 Å². The summed E-state index contributed by atoms with van der Waals surface area (Å²) in [6.07, 6.45) is 5.34. The van der Waals surface area contributed by atoms with Gasteiger partial charge in [-0.25, -0.2) is 4.98 Å². The molecule has 0 spiro atoms. The summed E-state index contributed by atoms with van der Waals surface area (Å²) in [5, 5.41) is 9.15. The third kappa shape index (κ3) is 4.16. The second-order valence-corrected chi connectivity index (χ2v) is 5.69. The average Bonchev–Trinajstić information content (AvgIpc) is 3.01. The van der Waals surface area contributed by atoms with Crippen LogP contribution in [-0.4, -0.2) is 40.0 Å². The molecule has 0 aliphatic carbocycles. The van der Waals surface area contributed by atoms with Crippen LogP contribution in [0, 0.1) is 5.92 Å². The number of H-pyrrole nitrogens is 1. The number of hydrogen-bond acceptors (Lipinski definition) is 6. The minimum absolute atomic E-state index is 0.188. The van der Waals surface area contributed by atoms with Crippen molar-refractivity contribution in [1.29, 1.82) is 0 Å². The van der Waals surface area contributed by atoms with Crippen molar-refractivity contribution in [1.82, 2.24) is 20.2 Å². The molecular formula is C15H19F2N5O2. The number of hydrogen-bond donors (Lipinski definition) is 2. The molecule has 0 bridgehead atoms. The Morgan fingerprint density at radius 2 is 2.12 bits per heavy atom. The van der Waals surface area contributed by atoms with Crippen LogP contribution in [-0.2, 0) is 4.74 Å². The lowest BCUT2D eigenvalue weighted by Gasteiger charge is -2.27. The van der Waals surface area contributed by atoms with Crippen LogP contribution in [0.3, 0.4) is 0 Å². The van der Waals surface area contributed by atoms with E-state index in [1.165, 1.54) is 6.07 Å². The molecule has 24 heavy (non-hydrogen) atoms. The summed E-state index contributed by atoms with van der Waals surface area (Å²) in [4.78, 5) is 8.77. The fourth-order valence-electron chi connectivity index (χ4n) is 2.77. The van der Waals surface area contributed by atoms with Gasteiger partial charge in [0.25, 0.3) is 0 Å². The van der Waals surface area contributed by atoms with Crippen molar-refractivity contribution in [2.75, 3.05) is 18.5 Å². The van der Waals surface area contributed by atoms with Crippen LogP contribution in [0.5, 0.6) is 5.88 Å². The van der Waals surface area contributed by atoms with Crippen molar-refractivity contribution in [3.63, 3.8) is 0 Å². The monoisotopic (exact) mass is 339 g/mol. The molecule has 2 N–H and O–H groups in total. The van der Waals surface area contributed by atoms with Gasteiger partial charge in [-0.1, -0.05) is 6.92 Å². The summed E-state index contributed by atoms with van der Waals surface area (Å²) in [6.45, 7) is 0.779. The van der Waals surface area contributed by atoms with Gasteiger partial charge in [0.2, 0.25) is 5.88 Å². The zero-order valence-corrected chi connectivity index (χ0v) is 13.2. The summed E-state index contributed by atoms with van der Waals surface area (Å²) in [6, 6.07) is 1.34. The standard InChI is InChI=1S/C15H19F2N5O2/c1-9(10-2-4-23-5-3-10)11-7-18-8-13(19-11)20-12-6-14(22-21-12)24-15(16)17/h6-10,15H,2-5H2,1H3,(H2,19,20,21,22)/t9-/m1/s1. The third-order valence-electron chi connectivity index (χ3n) is 4.12. The van der Waals surface area contributed by atoms with Crippen LogP contribution in [0.2, 0.25) is 0 Å². The molecule has 1 saturated heterocycles. The minimum Gasteiger partial charge on any atom is -0.415 e. The van der Waals surface area contributed by atoms with E-state index in [0.717, 1.165) is 31.7 Å². The van der Waals surface area contributed by atoms with Gasteiger partial charge < -0.3 is 14.8 Å². The molecule has 1 aliphatic rings. The highest BCUT2D eigenvalue weighted by Gasteiger charge is 2.23. The summed E-state index contributed by atoms with van der Waals surface area (Å²) >= 11 is 0. The first-order chi connectivity index (χ1) is 11.6. The number of alkyl halides is 2. The zero-order chi connectivity index (χ0) is 16.9. The quantitative estimate of drug-likeness (QED) is 0.841. The van der Waals surface area contributed by atoms with Crippen molar-refractivity contribution in [3.05, 3.63) is 24.2 Å². The Kier molecular flexibility index (Phi) is 5.19. The maximum atomic E-state index is 12.1. The lowest BCUT2D eigenvalue weighted by atomic mass is 9.85. The van der Waals surface area contributed by atoms with E-state index in [1.54, 1.807) is 12.4 Å². The van der Waals surface area contributed by atoms with Gasteiger partial charge in [0.1, 0.15) is 11.6 Å². The molecule has 0 radical (unpaired) electrons. The molecule has 3 rings (SSSR count). The summed E-state index contributed by atoms with van der Waals surface area (Å²) in [5.74, 6) is 1.51. The van der Waals surface area contributed by atoms with Crippen LogP contribution in [0.15, 0.2) is 18.5 Å². The van der Waals surface area contributed by atoms with Crippen molar-refractivity contribution in [2.24, 2.45) is 5.92 Å². The Morgan fingerprint density at radius 1 is 1.33 bits per heavy atom. The predicted molar refractivity (Wildman–Crippen MR) is 82.5 cm³/mol. The number of aromatic nitrogens is 4. The first-order valence-electron chi connectivity index (χ1n) is 7.78. The van der Waals surface area contributed by atoms with Crippen molar-refractivity contribution in [2.45, 2.75) is 32.3 Å². The lowest BCUT2D eigenvalue weighted by molar-refractivity contribution is -0.0528. The van der Waals surface area contributed by atoms with Gasteiger partial charge in [0.05, 0.1) is 11.9 Å². The van der Waals surface area contributed by atoms with E-state index in [4.69, 9.17) is 4.74 Å². The SMILES string of the molecule is C[C@@H](c1cncc(Nc2cc(OC(F)F)n[nH]2)n1)C1CCOCC1. The predicted octanol–water partition coefficient (Wildman–Crippen LogP) is 3.07. The minimum atomic E-state index is -2.91. The molecule has 1 atom stereocenters. The maximum Gasteiger partial charge on any atom is 0.388 e. The molecule has 3 heterocycles. The molecule has 2 aromatic heterocycles. The molecule has 2 aromatic rings. The highest BCUT2D eigenvalue weighted by molar-refractivity contribution is 5.51. The molecule has 7 nitrogen and oxygen atoms in total. The maximum absolute atomic E-state index is 12.1. The van der Waals surface area contributed by atoms with Crippen LogP contribution < -0.4 is 10.1 Å². The van der Waals surface area contributed by atoms with Gasteiger partial charge in [0, 0.05) is 31.4 Å². The number of nitrogens with zero attached hydrogens (tertiary/aromatic N) is 3. The van der Waals surface area contributed by atoms with Crippen LogP contribution in [0.25, 0.3) is 0 Å². The second-order valence-electron chi connectivity index (χ2n) is 5.69. The molecule has 0 amide bonds. The molecule has 130 valence electrons. The highest BCUT2D eigenvalue weighted by Crippen LogP contribution is 2.31. The van der Waals surface area contributed by atoms with E-state index >= 15 is 0 Å². The first kappa shape index (κ1) is 16.6. The topological polar surface area (TPSA) is 85.0 Å². The van der Waals surface area contributed by atoms with E-state index in [1.807, 2.05) is 0 Å². The molecule has 0 saturated carbocycles. The van der Waals surface area contributed by atoms with Gasteiger partial charge in [0.15, 0.2) is 0 Å². The largest absolute Gasteiger partial charge is 0.415 e. The third-order valence-corrected chi connectivity index (χ3v) is 4.12. The number of aromatic amines is 1. The Labute approximate surface area is 137 Å². The lowest BCUT2D eigenvalue weighted by Crippen LogP contribution is -2.21. The summed E-state index contributed by atoms with van der Waals surface area (Å²) < 4.78 is 33.9. The molecule has 1 fully saturated rings. The number of ether oxygens (including phenoxy) is 2. The second kappa shape index (κ2) is 7.52. The average molecular weight is 339 g/mol. The van der Waals surface area contributed by atoms with Crippen molar-refractivity contribution >= 4 is 11.6 Å². The fourth-order valence-corrected chi connectivity index (χ4v) is 2.77. The van der Waals surface area contributed by atoms with E-state index in [0.29, 0.717) is 17.6 Å². The molecule has 1 aliphatic heterocycles. The van der Waals surface area contributed by atoms with Gasteiger partial charge in [-0.3, -0.25) is 10.1 Å². The Balaban J connectivity index is 1.67. The van der Waals surface area contributed by atoms with Gasteiger partial charge in [-0.05, 0) is 18.8 Å². The first-order valence-corrected chi connectivity index (χ1v) is 7.78. The number of halogens is 2. The van der Waals surface area contributed by atoms with Gasteiger partial charge in [-0.15, -0.1) is 5.10 Å². The molecule has 0 unspecified atom stereocenters. The number of rotatable bonds is 6. The highest BCUT2D eigenvalue weighted by atomic mass is 19.3. The van der Waals surface area contributed by atoms with Crippen molar-refractivity contribution in [3.8, 4) is 5.88 Å². The molecular weight excluding hydrogens is 320 g/mol. The van der Waals surface area contributed by atoms with Gasteiger partial charge in [-0.2, -0.15) is 8.78 Å². The van der Waals surface area contributed by atoms with E-state index in [9.17, 15) is 8.78 Å². The molecule has 0 aromatic carbocycles. The van der Waals surface area contributed by atoms with Crippen molar-refractivity contribution < 1.29 is 18.3 Å². The number of anilines is 2. The van der Waals surface area contributed by atoms with E-state index < -0.39 is 6.61 Å². The van der Waals surface area contributed by atoms with E-state index in [-0.39, 0.29) is 11.8 Å². The zero-order valence-electron chi connectivity index (χ0n) is 13.2. The van der Waals surface area contributed by atoms with E-state index in [2.05, 4.69) is 37.1 Å². The molecule has 9 heteroatoms. The summed E-state index contributed by atoms with van der Waals surface area (Å²) in [7, 11) is 0. The van der Waals surface area contributed by atoms with Gasteiger partial charge >= 0.3 is 6.61 Å². The Bertz CT molecular complexity index is 661.